The van der Waals surface area contributed by atoms with Crippen molar-refractivity contribution in [1.82, 2.24) is 10.6 Å². The van der Waals surface area contributed by atoms with Gasteiger partial charge in [0.15, 0.2) is 18.3 Å². The van der Waals surface area contributed by atoms with Gasteiger partial charge in [-0.3, -0.25) is 33.6 Å². The second-order valence-corrected chi connectivity index (χ2v) is 44.1. The van der Waals surface area contributed by atoms with Gasteiger partial charge in [0.25, 0.3) is 0 Å². The molecule has 10 N–H and O–H groups in total. The number of aliphatic hydroxyl groups excluding tert-OH is 6. The standard InChI is InChI=1S/C113H217N2O23P.2H2/c1-18-25-32-39-46-49-50-52-58-65-72-79-92(13)110(127)134-99(88(9)75-68-61-54-43-36-29-22-5)83-101(121)114-112(16,93(14)117)107(136-104(124)82-96(118)87(8)74-67-60-53-42-35-28-21-4)105(125)98(120)86-132-94(15)113(17,115-102(122)84-100(89(10)76-69-62-55-44-37-30-23-6)135-111(128)91(12)78-71-63-56-45-38-31-24-7)108(106(97(119)85-116)138-139(129,130)131)137-103(123)81-95(80-73-66-59-48-41-34-27-20-3)133-109(126)90(11)77-70-64-57-51-47-40-33-26-19-2;;/h87-100,105-108,116-120,125H,18-86H2,1-17H3,(H,114,121)(H,115,122)(H2,129,130,131);2*1H/t87?,88?,89?,90?,91?,92?,93?,94?,95?,96?,97?,98?,99?,100?,105?,106?,107?,108-,112?,113?;;/m0../s1. The van der Waals surface area contributed by atoms with E-state index >= 15 is 14.4 Å². The lowest BCUT2D eigenvalue weighted by Crippen LogP contribution is -2.69. The molecule has 0 fully saturated rings. The number of phosphoric ester groups is 1. The quantitative estimate of drug-likeness (QED) is 0.0117. The van der Waals surface area contributed by atoms with Gasteiger partial charge in [-0.1, -0.05) is 443 Å². The number of hydrogen-bond donors (Lipinski definition) is 10. The van der Waals surface area contributed by atoms with E-state index in [1.165, 1.54) is 91.9 Å². The van der Waals surface area contributed by atoms with E-state index in [2.05, 4.69) is 59.1 Å². The number of esters is 5. The summed E-state index contributed by atoms with van der Waals surface area (Å²) in [6.45, 7) is 29.1. The van der Waals surface area contributed by atoms with Crippen LogP contribution in [-0.4, -0.2) is 180 Å². The molecule has 26 heteroatoms. The largest absolute Gasteiger partial charge is 0.606 e. The average molecular weight is 2010 g/mol. The molecule has 0 radical (unpaired) electrons. The predicted octanol–water partition coefficient (Wildman–Crippen LogP) is 25.5. The molecule has 0 aliphatic rings. The summed E-state index contributed by atoms with van der Waals surface area (Å²) in [5, 5.41) is 78.6. The summed E-state index contributed by atoms with van der Waals surface area (Å²) in [6, 6.07) is 0. The highest BCUT2D eigenvalue weighted by Gasteiger charge is 2.55. The zero-order valence-electron chi connectivity index (χ0n) is 91.8. The van der Waals surface area contributed by atoms with Crippen LogP contribution in [-0.2, 0) is 66.5 Å². The number of ether oxygens (including phenoxy) is 6. The first-order chi connectivity index (χ1) is 66.4. The molecule has 0 aromatic carbocycles. The molecule has 0 heterocycles. The van der Waals surface area contributed by atoms with E-state index in [4.69, 9.17) is 32.9 Å². The lowest BCUT2D eigenvalue weighted by Gasteiger charge is -2.46. The third kappa shape index (κ3) is 66.3. The van der Waals surface area contributed by atoms with Crippen LogP contribution in [0.3, 0.4) is 0 Å². The first-order valence-corrected chi connectivity index (χ1v) is 58.9. The molecule has 25 nitrogen and oxygen atoms in total. The maximum absolute atomic E-state index is 15.8. The molecule has 0 spiro atoms. The van der Waals surface area contributed by atoms with Gasteiger partial charge in [0.2, 0.25) is 11.8 Å². The van der Waals surface area contributed by atoms with Gasteiger partial charge in [0.05, 0.1) is 75.0 Å². The molecule has 0 aliphatic heterocycles. The van der Waals surface area contributed by atoms with Crippen molar-refractivity contribution < 1.29 is 115 Å². The summed E-state index contributed by atoms with van der Waals surface area (Å²) in [4.78, 5) is 140. The van der Waals surface area contributed by atoms with E-state index in [1.54, 1.807) is 13.8 Å². The fraction of sp³-hybridized carbons (Fsp3) is 0.938. The van der Waals surface area contributed by atoms with E-state index < -0.39 is 203 Å². The minimum absolute atomic E-state index is 0. The Hall–Kier alpha value is -3.72. The van der Waals surface area contributed by atoms with Crippen molar-refractivity contribution in [2.45, 2.75) is 632 Å². The molecule has 19 unspecified atom stereocenters. The minimum atomic E-state index is -5.85. The number of unbranched alkanes of at least 4 members (excludes halogenated alkanes) is 49. The molecule has 20 atom stereocenters. The van der Waals surface area contributed by atoms with Crippen molar-refractivity contribution in [1.29, 1.82) is 0 Å². The third-order valence-electron chi connectivity index (χ3n) is 29.5. The number of hydrogen-bond acceptors (Lipinski definition) is 23. The molecule has 0 rings (SSSR count). The van der Waals surface area contributed by atoms with Gasteiger partial charge in [0.1, 0.15) is 47.7 Å². The summed E-state index contributed by atoms with van der Waals surface area (Å²) < 4.78 is 43.8. The second kappa shape index (κ2) is 85.2. The van der Waals surface area contributed by atoms with Crippen LogP contribution < -0.4 is 15.5 Å². The van der Waals surface area contributed by atoms with E-state index in [9.17, 15) is 64.5 Å². The summed E-state index contributed by atoms with van der Waals surface area (Å²) in [6.07, 6.45) is 37.7. The van der Waals surface area contributed by atoms with Gasteiger partial charge in [0, 0.05) is 2.85 Å². The van der Waals surface area contributed by atoms with Crippen molar-refractivity contribution in [3.63, 3.8) is 0 Å². The molecule has 0 aliphatic carbocycles. The highest BCUT2D eigenvalue weighted by Crippen LogP contribution is 2.46. The lowest BCUT2D eigenvalue weighted by atomic mass is 9.82. The molecule has 0 aromatic rings. The van der Waals surface area contributed by atoms with Gasteiger partial charge in [-0.05, 0) is 96.8 Å². The maximum atomic E-state index is 15.8. The summed E-state index contributed by atoms with van der Waals surface area (Å²) in [7, 11) is -5.85. The number of nitrogens with one attached hydrogen (secondary N) is 2. The Morgan fingerprint density at radius 1 is 0.324 bits per heavy atom. The fourth-order valence-electron chi connectivity index (χ4n) is 18.9. The van der Waals surface area contributed by atoms with Gasteiger partial charge in [-0.25, -0.2) is 0 Å². The SMILES string of the molecule is CCCCCCCCCCCCCC(C)C(=O)OC(CC(=O)NC(C)(C(C)O)C(OC(=O)CC(O)C(C)CCCCCCCCC)C(O)C(O)COC(C)C(C)(NC(=O)CC(OC(=O)C(C)CCCCCCCCC)C(C)CCCCCCCCC)[C@@H](OC(=O)CC(CCCCCCCCCC)OC(=O)C(C)CCCCCCCCCCC)C(O[P+]([O-])(O)O)C(O)CO)C(C)CCCCCCCCC.[HH].[HH]. The number of rotatable bonds is 98. The molecule has 0 saturated carbocycles. The van der Waals surface area contributed by atoms with Crippen LogP contribution >= 0.6 is 8.17 Å². The van der Waals surface area contributed by atoms with E-state index in [-0.39, 0.29) is 15.2 Å². The number of amides is 2. The Kier molecular flexibility index (Phi) is 83.0. The predicted molar refractivity (Wildman–Crippen MR) is 565 cm³/mol. The smallest absolute Gasteiger partial charge is 0.374 e. The third-order valence-corrected chi connectivity index (χ3v) is 30.0. The topological polar surface area (TPSA) is 393 Å². The van der Waals surface area contributed by atoms with Crippen molar-refractivity contribution in [2.24, 2.45) is 35.5 Å². The molecule has 139 heavy (non-hydrogen) atoms. The number of aliphatic hydroxyl groups is 6. The van der Waals surface area contributed by atoms with Gasteiger partial charge >= 0.3 is 38.0 Å². The number of phosphoric acid groups is 1. The summed E-state index contributed by atoms with van der Waals surface area (Å²) in [5.74, 6) is -8.28. The summed E-state index contributed by atoms with van der Waals surface area (Å²) >= 11 is 0. The highest BCUT2D eigenvalue weighted by molar-refractivity contribution is 7.51. The second-order valence-electron chi connectivity index (χ2n) is 42.9. The Morgan fingerprint density at radius 3 is 0.906 bits per heavy atom. The van der Waals surface area contributed by atoms with Crippen LogP contribution in [0.25, 0.3) is 0 Å². The van der Waals surface area contributed by atoms with Gasteiger partial charge in [-0.15, -0.1) is 0 Å². The first-order valence-electron chi connectivity index (χ1n) is 57.4. The highest BCUT2D eigenvalue weighted by atomic mass is 31.2. The monoisotopic (exact) mass is 2010 g/mol. The van der Waals surface area contributed by atoms with Crippen LogP contribution in [0.4, 0.5) is 0 Å². The zero-order chi connectivity index (χ0) is 104. The minimum Gasteiger partial charge on any atom is -0.606 e. The zero-order valence-corrected chi connectivity index (χ0v) is 92.7. The van der Waals surface area contributed by atoms with Crippen LogP contribution in [0.15, 0.2) is 0 Å². The maximum Gasteiger partial charge on any atom is 0.374 e. The van der Waals surface area contributed by atoms with Gasteiger partial charge in [-0.2, -0.15) is 14.3 Å². The molecule has 0 aromatic heterocycles. The molecular formula is C113H221N2O23P. The van der Waals surface area contributed by atoms with Crippen molar-refractivity contribution in [3.8, 4) is 0 Å². The van der Waals surface area contributed by atoms with Crippen LogP contribution in [0.1, 0.15) is 551 Å². The van der Waals surface area contributed by atoms with Crippen LogP contribution in [0.5, 0.6) is 0 Å². The van der Waals surface area contributed by atoms with Gasteiger partial charge < -0.3 is 74.6 Å². The first kappa shape index (κ1) is 135. The van der Waals surface area contributed by atoms with E-state index in [0.717, 1.165) is 289 Å². The van der Waals surface area contributed by atoms with Crippen LogP contribution in [0, 0.1) is 35.5 Å². The average Bonchev–Trinajstić information content (AvgIpc) is 0.774. The lowest BCUT2D eigenvalue weighted by molar-refractivity contribution is -0.255. The number of carbonyl (C=O) groups is 7. The molecular weight excluding hydrogens is 1780 g/mol. The van der Waals surface area contributed by atoms with Crippen molar-refractivity contribution in [2.75, 3.05) is 13.2 Å². The molecule has 0 saturated heterocycles. The molecule has 0 bridgehead atoms. The Morgan fingerprint density at radius 2 is 0.597 bits per heavy atom. The van der Waals surface area contributed by atoms with E-state index in [0.29, 0.717) is 44.9 Å². The van der Waals surface area contributed by atoms with Crippen molar-refractivity contribution in [3.05, 3.63) is 0 Å². The Balaban J connectivity index is -0.0000952. The van der Waals surface area contributed by atoms with E-state index in [1.807, 2.05) is 27.7 Å². The Labute approximate surface area is 851 Å². The summed E-state index contributed by atoms with van der Waals surface area (Å²) in [5.41, 5.74) is -4.70. The molecule has 2 amide bonds. The van der Waals surface area contributed by atoms with Crippen molar-refractivity contribution >= 4 is 49.8 Å². The normalized spacial score (nSPS) is 16.8. The van der Waals surface area contributed by atoms with Crippen LogP contribution in [0.2, 0.25) is 0 Å². The molecule has 826 valence electrons. The number of carbonyl (C=O) groups excluding carboxylic acids is 7. The Bertz CT molecular complexity index is 3000. The fourth-order valence-corrected chi connectivity index (χ4v) is 19.5.